The van der Waals surface area contributed by atoms with Gasteiger partial charge in [-0.25, -0.2) is 4.98 Å². The van der Waals surface area contributed by atoms with Crippen LogP contribution in [-0.4, -0.2) is 51.7 Å². The fourth-order valence-corrected chi connectivity index (χ4v) is 5.28. The zero-order chi connectivity index (χ0) is 21.7. The highest BCUT2D eigenvalue weighted by atomic mass is 32.1. The van der Waals surface area contributed by atoms with Crippen LogP contribution < -0.4 is 5.56 Å². The summed E-state index contributed by atoms with van der Waals surface area (Å²) >= 11 is 1.63. The summed E-state index contributed by atoms with van der Waals surface area (Å²) in [6.07, 6.45) is 5.02. The molecule has 30 heavy (non-hydrogen) atoms. The minimum absolute atomic E-state index is 0.0503. The third-order valence-corrected chi connectivity index (χ3v) is 6.48. The van der Waals surface area contributed by atoms with Gasteiger partial charge in [0.2, 0.25) is 0 Å². The first-order valence-corrected chi connectivity index (χ1v) is 11.4. The van der Waals surface area contributed by atoms with E-state index in [1.807, 2.05) is 11.8 Å². The molecule has 0 saturated carbocycles. The van der Waals surface area contributed by atoms with Gasteiger partial charge in [0, 0.05) is 24.4 Å². The normalized spacial score (nSPS) is 17.1. The summed E-state index contributed by atoms with van der Waals surface area (Å²) in [5.74, 6) is 0.899. The lowest BCUT2D eigenvalue weighted by Gasteiger charge is -2.23. The zero-order valence-corrected chi connectivity index (χ0v) is 18.6. The Kier molecular flexibility index (Phi) is 7.80. The predicted molar refractivity (Wildman–Crippen MR) is 119 cm³/mol. The van der Waals surface area contributed by atoms with Gasteiger partial charge in [0.1, 0.15) is 23.4 Å². The van der Waals surface area contributed by atoms with Crippen LogP contribution >= 0.6 is 11.3 Å². The van der Waals surface area contributed by atoms with Gasteiger partial charge in [-0.05, 0) is 37.2 Å². The van der Waals surface area contributed by atoms with Crippen LogP contribution in [0.15, 0.2) is 17.4 Å². The number of H-pyrrole nitrogens is 1. The molecule has 1 aliphatic carbocycles. The number of esters is 1. The summed E-state index contributed by atoms with van der Waals surface area (Å²) in [5, 5.41) is 11.0. The fourth-order valence-electron chi connectivity index (χ4n) is 3.88. The van der Waals surface area contributed by atoms with Gasteiger partial charge in [-0.3, -0.25) is 14.5 Å². The van der Waals surface area contributed by atoms with Crippen LogP contribution in [0, 0.1) is 5.92 Å². The Bertz CT molecular complexity index is 952. The number of thiophene rings is 1. The van der Waals surface area contributed by atoms with E-state index >= 15 is 0 Å². The number of ether oxygens (including phenoxy) is 1. The van der Waals surface area contributed by atoms with Crippen molar-refractivity contribution in [1.29, 1.82) is 0 Å². The smallest absolute Gasteiger partial charge is 0.305 e. The molecule has 3 rings (SSSR count). The van der Waals surface area contributed by atoms with E-state index in [0.717, 1.165) is 29.5 Å². The summed E-state index contributed by atoms with van der Waals surface area (Å²) in [7, 11) is 0. The first-order chi connectivity index (χ1) is 14.4. The number of nitrogens with one attached hydrogen (secondary N) is 1. The minimum atomic E-state index is -0.822. The summed E-state index contributed by atoms with van der Waals surface area (Å²) < 4.78 is 5.09. The highest BCUT2D eigenvalue weighted by Crippen LogP contribution is 2.35. The van der Waals surface area contributed by atoms with E-state index in [4.69, 9.17) is 9.72 Å². The highest BCUT2D eigenvalue weighted by Gasteiger charge is 2.23. The van der Waals surface area contributed by atoms with E-state index in [-0.39, 0.29) is 24.7 Å². The van der Waals surface area contributed by atoms with E-state index in [1.165, 1.54) is 10.4 Å². The number of fused-ring (bicyclic) bond motifs is 3. The number of aliphatic hydroxyl groups is 1. The third kappa shape index (κ3) is 5.56. The number of aromatic nitrogens is 2. The SMILES string of the molecule is C=CCN(Cc1nc2sc3c(c2c(=O)[nH]1)CC[C@@H](C)C3)C[C@H](O)COC(=O)CCC. The van der Waals surface area contributed by atoms with Gasteiger partial charge in [-0.2, -0.15) is 0 Å². The molecule has 2 N–H and O–H groups in total. The van der Waals surface area contributed by atoms with Crippen LogP contribution in [-0.2, 0) is 28.9 Å². The molecule has 164 valence electrons. The van der Waals surface area contributed by atoms with Crippen LogP contribution in [0.3, 0.4) is 0 Å². The average Bonchev–Trinajstić information content (AvgIpc) is 3.04. The summed E-state index contributed by atoms with van der Waals surface area (Å²) in [5.41, 5.74) is 1.08. The Labute approximate surface area is 180 Å². The van der Waals surface area contributed by atoms with Crippen molar-refractivity contribution in [1.82, 2.24) is 14.9 Å². The largest absolute Gasteiger partial charge is 0.463 e. The van der Waals surface area contributed by atoms with Gasteiger partial charge in [-0.15, -0.1) is 17.9 Å². The molecule has 2 aromatic rings. The van der Waals surface area contributed by atoms with Crippen LogP contribution in [0.5, 0.6) is 0 Å². The summed E-state index contributed by atoms with van der Waals surface area (Å²) in [4.78, 5) is 35.9. The highest BCUT2D eigenvalue weighted by molar-refractivity contribution is 7.18. The van der Waals surface area contributed by atoms with Gasteiger partial charge >= 0.3 is 5.97 Å². The monoisotopic (exact) mass is 433 g/mol. The Hall–Kier alpha value is -2.03. The van der Waals surface area contributed by atoms with E-state index in [9.17, 15) is 14.7 Å². The van der Waals surface area contributed by atoms with E-state index in [0.29, 0.717) is 37.7 Å². The maximum Gasteiger partial charge on any atom is 0.305 e. The Morgan fingerprint density at radius 2 is 2.33 bits per heavy atom. The van der Waals surface area contributed by atoms with Crippen molar-refractivity contribution in [2.24, 2.45) is 5.92 Å². The second kappa shape index (κ2) is 10.3. The van der Waals surface area contributed by atoms with Gasteiger partial charge in [-0.1, -0.05) is 19.9 Å². The van der Waals surface area contributed by atoms with E-state index in [1.54, 1.807) is 17.4 Å². The first kappa shape index (κ1) is 22.7. The third-order valence-electron chi connectivity index (χ3n) is 5.33. The molecule has 0 bridgehead atoms. The molecular formula is C22H31N3O4S. The molecule has 8 heteroatoms. The van der Waals surface area contributed by atoms with Crippen LogP contribution in [0.4, 0.5) is 0 Å². The number of rotatable bonds is 10. The standard InChI is InChI=1S/C22H31N3O4S/c1-4-6-19(27)29-13-15(26)11-25(9-5-2)12-18-23-21(28)20-16-8-7-14(3)10-17(16)30-22(20)24-18/h5,14-15,26H,2,4,6-13H2,1,3H3,(H,23,24,28)/t14-,15+/m1/s1. The molecule has 0 fully saturated rings. The zero-order valence-electron chi connectivity index (χ0n) is 17.8. The van der Waals surface area contributed by atoms with Crippen LogP contribution in [0.1, 0.15) is 49.4 Å². The Morgan fingerprint density at radius 1 is 1.53 bits per heavy atom. The Balaban J connectivity index is 1.71. The fraction of sp³-hybridized carbons (Fsp3) is 0.591. The predicted octanol–water partition coefficient (Wildman–Crippen LogP) is 2.80. The van der Waals surface area contributed by atoms with E-state index in [2.05, 4.69) is 18.5 Å². The summed E-state index contributed by atoms with van der Waals surface area (Å²) in [6.45, 7) is 9.03. The van der Waals surface area contributed by atoms with Crippen molar-refractivity contribution < 1.29 is 14.6 Å². The lowest BCUT2D eigenvalue weighted by atomic mass is 9.89. The minimum Gasteiger partial charge on any atom is -0.463 e. The molecule has 2 heterocycles. The summed E-state index contributed by atoms with van der Waals surface area (Å²) in [6, 6.07) is 0. The lowest BCUT2D eigenvalue weighted by Crippen LogP contribution is -2.36. The number of aliphatic hydroxyl groups excluding tert-OH is 1. The molecule has 0 radical (unpaired) electrons. The topological polar surface area (TPSA) is 95.5 Å². The quantitative estimate of drug-likeness (QED) is 0.442. The van der Waals surface area contributed by atoms with Crippen molar-refractivity contribution in [2.45, 2.75) is 58.6 Å². The number of hydrogen-bond acceptors (Lipinski definition) is 7. The van der Waals surface area contributed by atoms with Gasteiger partial charge < -0.3 is 14.8 Å². The molecule has 2 aromatic heterocycles. The van der Waals surface area contributed by atoms with Crippen LogP contribution in [0.25, 0.3) is 10.2 Å². The lowest BCUT2D eigenvalue weighted by molar-refractivity contribution is -0.147. The maximum absolute atomic E-state index is 12.8. The second-order valence-corrected chi connectivity index (χ2v) is 9.20. The Morgan fingerprint density at radius 3 is 3.07 bits per heavy atom. The molecule has 0 spiro atoms. The molecule has 0 unspecified atom stereocenters. The molecule has 0 aliphatic heterocycles. The van der Waals surface area contributed by atoms with Crippen molar-refractivity contribution in [3.8, 4) is 0 Å². The first-order valence-electron chi connectivity index (χ1n) is 10.6. The van der Waals surface area contributed by atoms with Gasteiger partial charge in [0.15, 0.2) is 0 Å². The molecular weight excluding hydrogens is 402 g/mol. The molecule has 0 amide bonds. The van der Waals surface area contributed by atoms with Crippen molar-refractivity contribution in [3.05, 3.63) is 39.3 Å². The second-order valence-electron chi connectivity index (χ2n) is 8.11. The molecule has 1 aliphatic rings. The number of hydrogen-bond donors (Lipinski definition) is 2. The molecule has 7 nitrogen and oxygen atoms in total. The number of carbonyl (C=O) groups excluding carboxylic acids is 1. The van der Waals surface area contributed by atoms with Crippen molar-refractivity contribution in [2.75, 3.05) is 19.7 Å². The van der Waals surface area contributed by atoms with Crippen molar-refractivity contribution in [3.63, 3.8) is 0 Å². The van der Waals surface area contributed by atoms with Gasteiger partial charge in [0.05, 0.1) is 11.9 Å². The average molecular weight is 434 g/mol. The number of nitrogens with zero attached hydrogens (tertiary/aromatic N) is 2. The molecule has 0 saturated heterocycles. The number of aryl methyl sites for hydroxylation is 1. The number of aromatic amines is 1. The van der Waals surface area contributed by atoms with E-state index < -0.39 is 6.10 Å². The van der Waals surface area contributed by atoms with Crippen LogP contribution in [0.2, 0.25) is 0 Å². The number of carbonyl (C=O) groups is 1. The maximum atomic E-state index is 12.8. The van der Waals surface area contributed by atoms with Crippen molar-refractivity contribution >= 4 is 27.5 Å². The molecule has 0 aromatic carbocycles. The molecule has 2 atom stereocenters. The van der Waals surface area contributed by atoms with Gasteiger partial charge in [0.25, 0.3) is 5.56 Å².